The highest BCUT2D eigenvalue weighted by Gasteiger charge is 2.21. The van der Waals surface area contributed by atoms with Crippen molar-refractivity contribution in [3.8, 4) is 11.5 Å². The van der Waals surface area contributed by atoms with Gasteiger partial charge in [0.25, 0.3) is 0 Å². The molecule has 0 bridgehead atoms. The minimum Gasteiger partial charge on any atom is -0.493 e. The van der Waals surface area contributed by atoms with Crippen LogP contribution in [0.4, 0.5) is 0 Å². The molecule has 1 fully saturated rings. The summed E-state index contributed by atoms with van der Waals surface area (Å²) in [6.45, 7) is 6.97. The van der Waals surface area contributed by atoms with Crippen LogP contribution in [0.2, 0.25) is 0 Å². The first-order chi connectivity index (χ1) is 9.63. The second-order valence-corrected chi connectivity index (χ2v) is 5.17. The fourth-order valence-corrected chi connectivity index (χ4v) is 2.51. The van der Waals surface area contributed by atoms with Gasteiger partial charge in [-0.3, -0.25) is 4.79 Å². The van der Waals surface area contributed by atoms with E-state index in [9.17, 15) is 4.79 Å². The lowest BCUT2D eigenvalue weighted by Gasteiger charge is -2.31. The Morgan fingerprint density at radius 2 is 2.00 bits per heavy atom. The molecule has 1 aromatic rings. The molecule has 0 radical (unpaired) electrons. The number of methoxy groups -OCH3 is 1. The smallest absolute Gasteiger partial charge is 0.162 e. The zero-order valence-corrected chi connectivity index (χ0v) is 12.5. The number of rotatable bonds is 5. The van der Waals surface area contributed by atoms with Crippen molar-refractivity contribution < 1.29 is 14.3 Å². The van der Waals surface area contributed by atoms with Crippen LogP contribution >= 0.6 is 0 Å². The first-order valence-electron chi connectivity index (χ1n) is 7.22. The summed E-state index contributed by atoms with van der Waals surface area (Å²) >= 11 is 0. The van der Waals surface area contributed by atoms with Gasteiger partial charge in [0.05, 0.1) is 7.11 Å². The average molecular weight is 277 g/mol. The van der Waals surface area contributed by atoms with Crippen LogP contribution in [-0.4, -0.2) is 43.5 Å². The van der Waals surface area contributed by atoms with E-state index in [0.717, 1.165) is 32.5 Å². The molecule has 2 rings (SSSR count). The van der Waals surface area contributed by atoms with Gasteiger partial charge in [0.1, 0.15) is 6.10 Å². The summed E-state index contributed by atoms with van der Waals surface area (Å²) in [6, 6.07) is 5.36. The zero-order chi connectivity index (χ0) is 14.5. The van der Waals surface area contributed by atoms with Gasteiger partial charge in [0.15, 0.2) is 17.3 Å². The average Bonchev–Trinajstić information content (AvgIpc) is 2.48. The number of carbonyl (C=O) groups excluding carboxylic acids is 1. The number of carbonyl (C=O) groups is 1. The third-order valence-corrected chi connectivity index (χ3v) is 3.85. The van der Waals surface area contributed by atoms with Gasteiger partial charge in [0.2, 0.25) is 0 Å². The molecule has 0 atom stereocenters. The topological polar surface area (TPSA) is 38.8 Å². The Morgan fingerprint density at radius 3 is 2.55 bits per heavy atom. The van der Waals surface area contributed by atoms with Crippen LogP contribution < -0.4 is 9.47 Å². The van der Waals surface area contributed by atoms with Crippen molar-refractivity contribution in [1.82, 2.24) is 4.90 Å². The maximum atomic E-state index is 11.5. The molecular weight excluding hydrogens is 254 g/mol. The number of hydrogen-bond donors (Lipinski definition) is 0. The molecule has 1 saturated heterocycles. The van der Waals surface area contributed by atoms with Crippen LogP contribution in [0.1, 0.15) is 37.0 Å². The minimum atomic E-state index is 0.0401. The Bertz CT molecular complexity index is 465. The molecule has 0 N–H and O–H groups in total. The Balaban J connectivity index is 2.08. The van der Waals surface area contributed by atoms with Crippen molar-refractivity contribution in [1.29, 1.82) is 0 Å². The molecule has 0 saturated carbocycles. The molecule has 110 valence electrons. The zero-order valence-electron chi connectivity index (χ0n) is 12.5. The monoisotopic (exact) mass is 277 g/mol. The van der Waals surface area contributed by atoms with E-state index in [4.69, 9.17) is 9.47 Å². The highest BCUT2D eigenvalue weighted by molar-refractivity contribution is 5.94. The normalized spacial score (nSPS) is 16.9. The third kappa shape index (κ3) is 3.51. The number of hydrogen-bond acceptors (Lipinski definition) is 4. The summed E-state index contributed by atoms with van der Waals surface area (Å²) in [4.78, 5) is 13.9. The SMILES string of the molecule is CCN1CCC(Oc2cc(C(C)=O)ccc2OC)CC1. The lowest BCUT2D eigenvalue weighted by Crippen LogP contribution is -2.38. The summed E-state index contributed by atoms with van der Waals surface area (Å²) in [5.74, 6) is 1.40. The molecule has 20 heavy (non-hydrogen) atoms. The van der Waals surface area contributed by atoms with E-state index in [1.54, 1.807) is 32.2 Å². The molecule has 0 spiro atoms. The van der Waals surface area contributed by atoms with Gasteiger partial charge < -0.3 is 14.4 Å². The van der Waals surface area contributed by atoms with Crippen molar-refractivity contribution in [2.24, 2.45) is 0 Å². The van der Waals surface area contributed by atoms with E-state index in [2.05, 4.69) is 11.8 Å². The number of likely N-dealkylation sites (tertiary alicyclic amines) is 1. The van der Waals surface area contributed by atoms with Crippen LogP contribution in [0.15, 0.2) is 18.2 Å². The van der Waals surface area contributed by atoms with Gasteiger partial charge in [-0.2, -0.15) is 0 Å². The molecular formula is C16H23NO3. The van der Waals surface area contributed by atoms with Crippen molar-refractivity contribution in [3.05, 3.63) is 23.8 Å². The first-order valence-corrected chi connectivity index (χ1v) is 7.22. The second kappa shape index (κ2) is 6.75. The van der Waals surface area contributed by atoms with Gasteiger partial charge in [0, 0.05) is 18.7 Å². The van der Waals surface area contributed by atoms with Gasteiger partial charge in [-0.1, -0.05) is 6.92 Å². The molecule has 1 aromatic carbocycles. The second-order valence-electron chi connectivity index (χ2n) is 5.17. The summed E-state index contributed by atoms with van der Waals surface area (Å²) in [7, 11) is 1.62. The van der Waals surface area contributed by atoms with E-state index in [1.165, 1.54) is 0 Å². The minimum absolute atomic E-state index is 0.0401. The number of piperidine rings is 1. The lowest BCUT2D eigenvalue weighted by atomic mass is 10.1. The summed E-state index contributed by atoms with van der Waals surface area (Å²) in [5, 5.41) is 0. The summed E-state index contributed by atoms with van der Waals surface area (Å²) in [5.41, 5.74) is 0.659. The van der Waals surface area contributed by atoms with Crippen LogP contribution in [0.3, 0.4) is 0 Å². The number of benzene rings is 1. The Hall–Kier alpha value is -1.55. The van der Waals surface area contributed by atoms with E-state index in [-0.39, 0.29) is 11.9 Å². The summed E-state index contributed by atoms with van der Waals surface area (Å²) in [6.07, 6.45) is 2.23. The standard InChI is InChI=1S/C16H23NO3/c1-4-17-9-7-14(8-10-17)20-16-11-13(12(2)18)5-6-15(16)19-3/h5-6,11,14H,4,7-10H2,1-3H3. The molecule has 4 heteroatoms. The van der Waals surface area contributed by atoms with E-state index in [0.29, 0.717) is 17.1 Å². The maximum absolute atomic E-state index is 11.5. The quantitative estimate of drug-likeness (QED) is 0.776. The number of ketones is 1. The van der Waals surface area contributed by atoms with Crippen molar-refractivity contribution in [2.45, 2.75) is 32.8 Å². The van der Waals surface area contributed by atoms with Crippen LogP contribution in [-0.2, 0) is 0 Å². The molecule has 0 aliphatic carbocycles. The largest absolute Gasteiger partial charge is 0.493 e. The fourth-order valence-electron chi connectivity index (χ4n) is 2.51. The van der Waals surface area contributed by atoms with E-state index < -0.39 is 0 Å². The molecule has 1 heterocycles. The van der Waals surface area contributed by atoms with Crippen molar-refractivity contribution in [2.75, 3.05) is 26.7 Å². The predicted molar refractivity (Wildman–Crippen MR) is 78.8 cm³/mol. The Labute approximate surface area is 120 Å². The molecule has 0 aromatic heterocycles. The number of nitrogens with zero attached hydrogens (tertiary/aromatic N) is 1. The van der Waals surface area contributed by atoms with Crippen LogP contribution in [0.25, 0.3) is 0 Å². The van der Waals surface area contributed by atoms with Crippen molar-refractivity contribution in [3.63, 3.8) is 0 Å². The number of ether oxygens (including phenoxy) is 2. The highest BCUT2D eigenvalue weighted by atomic mass is 16.5. The molecule has 1 aliphatic rings. The van der Waals surface area contributed by atoms with E-state index in [1.807, 2.05) is 0 Å². The van der Waals surface area contributed by atoms with Gasteiger partial charge in [-0.25, -0.2) is 0 Å². The highest BCUT2D eigenvalue weighted by Crippen LogP contribution is 2.30. The predicted octanol–water partition coefficient (Wildman–Crippen LogP) is 2.76. The van der Waals surface area contributed by atoms with Gasteiger partial charge in [-0.05, 0) is 44.5 Å². The Kier molecular flexibility index (Phi) is 5.01. The molecule has 1 aliphatic heterocycles. The lowest BCUT2D eigenvalue weighted by molar-refractivity contribution is 0.0986. The molecule has 0 unspecified atom stereocenters. The van der Waals surface area contributed by atoms with Crippen LogP contribution in [0, 0.1) is 0 Å². The first kappa shape index (κ1) is 14.9. The van der Waals surface area contributed by atoms with Crippen LogP contribution in [0.5, 0.6) is 11.5 Å². The van der Waals surface area contributed by atoms with Crippen molar-refractivity contribution >= 4 is 5.78 Å². The van der Waals surface area contributed by atoms with Gasteiger partial charge in [-0.15, -0.1) is 0 Å². The van der Waals surface area contributed by atoms with Gasteiger partial charge >= 0.3 is 0 Å². The maximum Gasteiger partial charge on any atom is 0.162 e. The molecule has 0 amide bonds. The third-order valence-electron chi connectivity index (χ3n) is 3.85. The molecule has 4 nitrogen and oxygen atoms in total. The fraction of sp³-hybridized carbons (Fsp3) is 0.562. The Morgan fingerprint density at radius 1 is 1.30 bits per heavy atom. The van der Waals surface area contributed by atoms with E-state index >= 15 is 0 Å². The summed E-state index contributed by atoms with van der Waals surface area (Å²) < 4.78 is 11.4. The number of Topliss-reactive ketones (excluding diaryl/α,β-unsaturated/α-hetero) is 1.